The number of carbonyl (C=O) groups is 2. The Balaban J connectivity index is 1.24. The molecule has 0 radical (unpaired) electrons. The van der Waals surface area contributed by atoms with Crippen LogP contribution < -0.4 is 5.32 Å². The van der Waals surface area contributed by atoms with Crippen LogP contribution in [0.5, 0.6) is 0 Å². The maximum Gasteiger partial charge on any atom is 0.276 e. The van der Waals surface area contributed by atoms with E-state index in [0.717, 1.165) is 38.3 Å². The minimum Gasteiger partial charge on any atom is -0.339 e. The average Bonchev–Trinajstić information content (AvgIpc) is 3.44. The molecule has 28 heavy (non-hydrogen) atoms. The fraction of sp³-hybridized carbons (Fsp3) is 0.800. The summed E-state index contributed by atoms with van der Waals surface area (Å²) in [6.07, 6.45) is 10.7. The lowest BCUT2D eigenvalue weighted by atomic mass is 10.0. The number of nitrogens with zero attached hydrogens (tertiary/aromatic N) is 5. The third-order valence-electron chi connectivity index (χ3n) is 6.57. The van der Waals surface area contributed by atoms with Crippen molar-refractivity contribution < 1.29 is 9.59 Å². The Morgan fingerprint density at radius 2 is 1.68 bits per heavy atom. The van der Waals surface area contributed by atoms with Crippen molar-refractivity contribution in [3.63, 3.8) is 0 Å². The van der Waals surface area contributed by atoms with Crippen LogP contribution in [0.25, 0.3) is 0 Å². The fourth-order valence-corrected chi connectivity index (χ4v) is 4.73. The first-order chi connectivity index (χ1) is 13.7. The summed E-state index contributed by atoms with van der Waals surface area (Å²) in [4.78, 5) is 29.0. The molecule has 3 heterocycles. The maximum absolute atomic E-state index is 12.8. The second-order valence-electron chi connectivity index (χ2n) is 8.43. The Kier molecular flexibility index (Phi) is 6.24. The summed E-state index contributed by atoms with van der Waals surface area (Å²) in [5.41, 5.74) is 0.416. The predicted octanol–water partition coefficient (Wildman–Crippen LogP) is 1.46. The van der Waals surface area contributed by atoms with Gasteiger partial charge in [0.2, 0.25) is 5.91 Å². The van der Waals surface area contributed by atoms with Crippen LogP contribution in [0.4, 0.5) is 0 Å². The molecule has 1 aromatic rings. The Hall–Kier alpha value is -1.96. The first-order valence-corrected chi connectivity index (χ1v) is 10.9. The van der Waals surface area contributed by atoms with Gasteiger partial charge in [-0.25, -0.2) is 4.68 Å². The fourth-order valence-electron chi connectivity index (χ4n) is 4.73. The second kappa shape index (κ2) is 9.03. The van der Waals surface area contributed by atoms with E-state index in [2.05, 4.69) is 15.6 Å². The van der Waals surface area contributed by atoms with Gasteiger partial charge < -0.3 is 15.1 Å². The number of piperazine rings is 1. The number of nitrogens with one attached hydrogen (secondary N) is 1. The third kappa shape index (κ3) is 4.54. The van der Waals surface area contributed by atoms with Gasteiger partial charge in [-0.3, -0.25) is 9.59 Å². The molecule has 1 saturated carbocycles. The molecule has 3 aliphatic rings. The summed E-state index contributed by atoms with van der Waals surface area (Å²) >= 11 is 0. The van der Waals surface area contributed by atoms with E-state index in [1.807, 2.05) is 9.58 Å². The Labute approximate surface area is 166 Å². The predicted molar refractivity (Wildman–Crippen MR) is 105 cm³/mol. The molecule has 2 aliphatic heterocycles. The number of hydrogen-bond donors (Lipinski definition) is 1. The summed E-state index contributed by atoms with van der Waals surface area (Å²) in [6, 6.07) is 0.324. The van der Waals surface area contributed by atoms with E-state index in [9.17, 15) is 9.59 Å². The van der Waals surface area contributed by atoms with Crippen LogP contribution in [-0.4, -0.2) is 75.9 Å². The molecule has 0 bridgehead atoms. The topological polar surface area (TPSA) is 83.4 Å². The van der Waals surface area contributed by atoms with Crippen LogP contribution in [0, 0.1) is 5.92 Å². The number of piperidine rings is 1. The smallest absolute Gasteiger partial charge is 0.276 e. The van der Waals surface area contributed by atoms with Gasteiger partial charge in [0.1, 0.15) is 0 Å². The van der Waals surface area contributed by atoms with Crippen molar-refractivity contribution in [3.05, 3.63) is 11.9 Å². The van der Waals surface area contributed by atoms with Gasteiger partial charge in [-0.1, -0.05) is 30.9 Å². The van der Waals surface area contributed by atoms with Gasteiger partial charge in [-0.05, 0) is 38.3 Å². The lowest BCUT2D eigenvalue weighted by molar-refractivity contribution is -0.133. The van der Waals surface area contributed by atoms with E-state index >= 15 is 0 Å². The molecule has 2 amide bonds. The number of amides is 2. The lowest BCUT2D eigenvalue weighted by Gasteiger charge is -2.34. The average molecular weight is 389 g/mol. The summed E-state index contributed by atoms with van der Waals surface area (Å²) in [6.45, 7) is 4.35. The largest absolute Gasteiger partial charge is 0.339 e. The van der Waals surface area contributed by atoms with Gasteiger partial charge in [0.05, 0.1) is 12.2 Å². The highest BCUT2D eigenvalue weighted by Gasteiger charge is 2.27. The monoisotopic (exact) mass is 388 g/mol. The summed E-state index contributed by atoms with van der Waals surface area (Å²) < 4.78 is 1.84. The molecule has 8 heteroatoms. The van der Waals surface area contributed by atoms with Crippen molar-refractivity contribution in [2.75, 3.05) is 39.3 Å². The first-order valence-electron chi connectivity index (χ1n) is 10.9. The summed E-state index contributed by atoms with van der Waals surface area (Å²) in [5.74, 6) is 0.920. The summed E-state index contributed by atoms with van der Waals surface area (Å²) in [5, 5.41) is 11.6. The molecule has 4 rings (SSSR count). The van der Waals surface area contributed by atoms with Crippen LogP contribution in [0.2, 0.25) is 0 Å². The number of rotatable bonds is 5. The van der Waals surface area contributed by atoms with Crippen molar-refractivity contribution in [3.8, 4) is 0 Å². The highest BCUT2D eigenvalue weighted by atomic mass is 16.2. The minimum absolute atomic E-state index is 0.0711. The van der Waals surface area contributed by atoms with Crippen molar-refractivity contribution in [2.24, 2.45) is 5.92 Å². The molecule has 0 spiro atoms. The minimum atomic E-state index is -0.0711. The molecule has 154 valence electrons. The number of carbonyl (C=O) groups excluding carboxylic acids is 2. The van der Waals surface area contributed by atoms with Crippen molar-refractivity contribution in [1.82, 2.24) is 30.1 Å². The molecular formula is C20H32N6O2. The Morgan fingerprint density at radius 1 is 1.00 bits per heavy atom. The standard InChI is InChI=1S/C20H32N6O2/c27-19(6-5-16-3-1-2-4-16)24-11-13-25(14-12-24)20(28)18-15-26(23-22-18)17-7-9-21-10-8-17/h15-17,21H,1-14H2. The van der Waals surface area contributed by atoms with Crippen LogP contribution in [0.3, 0.4) is 0 Å². The molecule has 3 fully saturated rings. The lowest BCUT2D eigenvalue weighted by Crippen LogP contribution is -2.50. The molecule has 0 unspecified atom stereocenters. The SMILES string of the molecule is O=C(CCC1CCCC1)N1CCN(C(=O)c2cn(C3CCNCC3)nn2)CC1. The molecule has 1 aliphatic carbocycles. The normalized spacial score (nSPS) is 22.0. The zero-order valence-corrected chi connectivity index (χ0v) is 16.7. The Morgan fingerprint density at radius 3 is 2.39 bits per heavy atom. The molecule has 1 N–H and O–H groups in total. The molecule has 0 aromatic carbocycles. The van der Waals surface area contributed by atoms with Gasteiger partial charge in [0.15, 0.2) is 5.69 Å². The molecule has 2 saturated heterocycles. The van der Waals surface area contributed by atoms with Gasteiger partial charge in [-0.15, -0.1) is 5.10 Å². The van der Waals surface area contributed by atoms with E-state index in [1.54, 1.807) is 11.1 Å². The van der Waals surface area contributed by atoms with Crippen LogP contribution in [-0.2, 0) is 4.79 Å². The molecule has 8 nitrogen and oxygen atoms in total. The van der Waals surface area contributed by atoms with Crippen molar-refractivity contribution in [2.45, 2.75) is 57.4 Å². The van der Waals surface area contributed by atoms with Crippen LogP contribution >= 0.6 is 0 Å². The van der Waals surface area contributed by atoms with Gasteiger partial charge in [-0.2, -0.15) is 0 Å². The van der Waals surface area contributed by atoms with E-state index in [0.29, 0.717) is 44.3 Å². The first kappa shape index (κ1) is 19.4. The number of aromatic nitrogens is 3. The zero-order chi connectivity index (χ0) is 19.3. The molecule has 0 atom stereocenters. The highest BCUT2D eigenvalue weighted by Crippen LogP contribution is 2.28. The van der Waals surface area contributed by atoms with Gasteiger partial charge in [0, 0.05) is 32.6 Å². The van der Waals surface area contributed by atoms with E-state index in [1.165, 1.54) is 25.7 Å². The maximum atomic E-state index is 12.8. The van der Waals surface area contributed by atoms with E-state index in [4.69, 9.17) is 0 Å². The van der Waals surface area contributed by atoms with Crippen molar-refractivity contribution in [1.29, 1.82) is 0 Å². The van der Waals surface area contributed by atoms with Crippen LogP contribution in [0.15, 0.2) is 6.20 Å². The molecule has 1 aromatic heterocycles. The van der Waals surface area contributed by atoms with Gasteiger partial charge >= 0.3 is 0 Å². The third-order valence-corrected chi connectivity index (χ3v) is 6.57. The van der Waals surface area contributed by atoms with Gasteiger partial charge in [0.25, 0.3) is 5.91 Å². The zero-order valence-electron chi connectivity index (χ0n) is 16.7. The molecular weight excluding hydrogens is 356 g/mol. The highest BCUT2D eigenvalue weighted by molar-refractivity contribution is 5.92. The van der Waals surface area contributed by atoms with E-state index in [-0.39, 0.29) is 11.8 Å². The Bertz CT molecular complexity index is 670. The number of hydrogen-bond acceptors (Lipinski definition) is 5. The van der Waals surface area contributed by atoms with E-state index < -0.39 is 0 Å². The quantitative estimate of drug-likeness (QED) is 0.826. The summed E-state index contributed by atoms with van der Waals surface area (Å²) in [7, 11) is 0. The van der Waals surface area contributed by atoms with Crippen molar-refractivity contribution >= 4 is 11.8 Å². The van der Waals surface area contributed by atoms with Crippen LogP contribution in [0.1, 0.15) is 67.9 Å². The second-order valence-corrected chi connectivity index (χ2v) is 8.43.